The number of hydrogen-bond acceptors (Lipinski definition) is 3. The van der Waals surface area contributed by atoms with Gasteiger partial charge in [-0.3, -0.25) is 14.4 Å². The molecular formula is C18H11ClO3. The Hall–Kier alpha value is -2.52. The molecule has 0 spiro atoms. The summed E-state index contributed by atoms with van der Waals surface area (Å²) in [7, 11) is 0. The van der Waals surface area contributed by atoms with Gasteiger partial charge in [-0.25, -0.2) is 0 Å². The summed E-state index contributed by atoms with van der Waals surface area (Å²) >= 11 is 5.86. The molecule has 0 aliphatic heterocycles. The number of allylic oxidation sites excluding steroid dienone is 2. The molecule has 1 aliphatic rings. The Morgan fingerprint density at radius 1 is 0.864 bits per heavy atom. The summed E-state index contributed by atoms with van der Waals surface area (Å²) in [4.78, 5) is 37.3. The first-order valence-electron chi connectivity index (χ1n) is 6.70. The van der Waals surface area contributed by atoms with E-state index >= 15 is 0 Å². The van der Waals surface area contributed by atoms with Crippen LogP contribution in [-0.2, 0) is 4.79 Å². The highest BCUT2D eigenvalue weighted by atomic mass is 35.5. The SMILES string of the molecule is CC(=O)C1=C(c2ccc(Cl)cc2)C(=O)c2ccccc2C1=O. The second-order valence-corrected chi connectivity index (χ2v) is 5.45. The van der Waals surface area contributed by atoms with Crippen LogP contribution in [0.5, 0.6) is 0 Å². The van der Waals surface area contributed by atoms with Gasteiger partial charge in [0.05, 0.1) is 5.57 Å². The minimum absolute atomic E-state index is 0.0639. The highest BCUT2D eigenvalue weighted by molar-refractivity contribution is 6.47. The van der Waals surface area contributed by atoms with Crippen LogP contribution in [0.1, 0.15) is 33.2 Å². The van der Waals surface area contributed by atoms with Gasteiger partial charge in [-0.2, -0.15) is 0 Å². The van der Waals surface area contributed by atoms with Gasteiger partial charge in [0, 0.05) is 21.7 Å². The molecular weight excluding hydrogens is 300 g/mol. The molecule has 2 aromatic carbocycles. The first-order chi connectivity index (χ1) is 10.5. The summed E-state index contributed by atoms with van der Waals surface area (Å²) in [5, 5.41) is 0.517. The van der Waals surface area contributed by atoms with E-state index in [1.165, 1.54) is 6.92 Å². The fourth-order valence-electron chi connectivity index (χ4n) is 2.60. The molecule has 0 saturated heterocycles. The number of ketones is 3. The summed E-state index contributed by atoms with van der Waals surface area (Å²) in [6.07, 6.45) is 0. The predicted octanol–water partition coefficient (Wildman–Crippen LogP) is 3.76. The number of benzene rings is 2. The van der Waals surface area contributed by atoms with Gasteiger partial charge < -0.3 is 0 Å². The predicted molar refractivity (Wildman–Crippen MR) is 84.2 cm³/mol. The van der Waals surface area contributed by atoms with Crippen molar-refractivity contribution in [3.05, 3.63) is 75.8 Å². The fourth-order valence-corrected chi connectivity index (χ4v) is 2.73. The summed E-state index contributed by atoms with van der Waals surface area (Å²) in [6.45, 7) is 1.30. The molecule has 0 N–H and O–H groups in total. The van der Waals surface area contributed by atoms with Crippen molar-refractivity contribution >= 4 is 34.5 Å². The Kier molecular flexibility index (Phi) is 3.51. The lowest BCUT2D eigenvalue weighted by atomic mass is 9.80. The van der Waals surface area contributed by atoms with E-state index in [0.29, 0.717) is 16.1 Å². The van der Waals surface area contributed by atoms with Gasteiger partial charge in [0.25, 0.3) is 0 Å². The van der Waals surface area contributed by atoms with Gasteiger partial charge >= 0.3 is 0 Å². The zero-order chi connectivity index (χ0) is 15.9. The smallest absolute Gasteiger partial charge is 0.198 e. The third-order valence-electron chi connectivity index (χ3n) is 3.61. The van der Waals surface area contributed by atoms with Gasteiger partial charge in [0.15, 0.2) is 17.3 Å². The second kappa shape index (κ2) is 5.35. The number of fused-ring (bicyclic) bond motifs is 1. The van der Waals surface area contributed by atoms with E-state index < -0.39 is 11.6 Å². The number of halogens is 1. The Morgan fingerprint density at radius 3 is 1.95 bits per heavy atom. The van der Waals surface area contributed by atoms with Crippen LogP contribution in [0.2, 0.25) is 5.02 Å². The maximum atomic E-state index is 12.8. The number of hydrogen-bond donors (Lipinski definition) is 0. The molecule has 0 heterocycles. The second-order valence-electron chi connectivity index (χ2n) is 5.02. The molecule has 3 rings (SSSR count). The third kappa shape index (κ3) is 2.20. The number of carbonyl (C=O) groups is 3. The minimum Gasteiger partial charge on any atom is -0.294 e. The maximum Gasteiger partial charge on any atom is 0.198 e. The molecule has 0 atom stereocenters. The quantitative estimate of drug-likeness (QED) is 0.794. The fraction of sp³-hybridized carbons (Fsp3) is 0.0556. The van der Waals surface area contributed by atoms with Crippen LogP contribution in [0.25, 0.3) is 5.57 Å². The Bertz CT molecular complexity index is 845. The van der Waals surface area contributed by atoms with E-state index in [9.17, 15) is 14.4 Å². The largest absolute Gasteiger partial charge is 0.294 e. The number of Topliss-reactive ketones (excluding diaryl/α,β-unsaturated/α-hetero) is 3. The van der Waals surface area contributed by atoms with Crippen molar-refractivity contribution in [2.24, 2.45) is 0 Å². The van der Waals surface area contributed by atoms with E-state index in [1.54, 1.807) is 48.5 Å². The van der Waals surface area contributed by atoms with E-state index in [4.69, 9.17) is 11.6 Å². The summed E-state index contributed by atoms with van der Waals surface area (Å²) < 4.78 is 0. The normalized spacial score (nSPS) is 14.1. The molecule has 0 radical (unpaired) electrons. The summed E-state index contributed by atoms with van der Waals surface area (Å²) in [5.74, 6) is -1.15. The van der Waals surface area contributed by atoms with Gasteiger partial charge in [0.1, 0.15) is 0 Å². The van der Waals surface area contributed by atoms with Crippen LogP contribution in [0.3, 0.4) is 0 Å². The van der Waals surface area contributed by atoms with Crippen molar-refractivity contribution in [3.63, 3.8) is 0 Å². The molecule has 22 heavy (non-hydrogen) atoms. The minimum atomic E-state index is -0.419. The Morgan fingerprint density at radius 2 is 1.41 bits per heavy atom. The van der Waals surface area contributed by atoms with Crippen molar-refractivity contribution in [2.45, 2.75) is 6.92 Å². The molecule has 3 nitrogen and oxygen atoms in total. The zero-order valence-corrected chi connectivity index (χ0v) is 12.5. The lowest BCUT2D eigenvalue weighted by molar-refractivity contribution is -0.113. The van der Waals surface area contributed by atoms with Crippen LogP contribution < -0.4 is 0 Å². The first kappa shape index (κ1) is 14.4. The molecule has 0 fully saturated rings. The highest BCUT2D eigenvalue weighted by Crippen LogP contribution is 2.33. The van der Waals surface area contributed by atoms with E-state index in [2.05, 4.69) is 0 Å². The van der Waals surface area contributed by atoms with Crippen molar-refractivity contribution in [3.8, 4) is 0 Å². The van der Waals surface area contributed by atoms with Crippen LogP contribution in [0, 0.1) is 0 Å². The van der Waals surface area contributed by atoms with Gasteiger partial charge in [0.2, 0.25) is 0 Å². The van der Waals surface area contributed by atoms with Crippen LogP contribution in [-0.4, -0.2) is 17.3 Å². The van der Waals surface area contributed by atoms with Crippen LogP contribution in [0.15, 0.2) is 54.1 Å². The Balaban J connectivity index is 2.30. The van der Waals surface area contributed by atoms with Crippen molar-refractivity contribution in [1.82, 2.24) is 0 Å². The van der Waals surface area contributed by atoms with Gasteiger partial charge in [-0.1, -0.05) is 48.0 Å². The maximum absolute atomic E-state index is 12.8. The highest BCUT2D eigenvalue weighted by Gasteiger charge is 2.34. The van der Waals surface area contributed by atoms with Crippen molar-refractivity contribution in [2.75, 3.05) is 0 Å². The lowest BCUT2D eigenvalue weighted by Crippen LogP contribution is -2.24. The van der Waals surface area contributed by atoms with Gasteiger partial charge in [-0.05, 0) is 24.6 Å². The van der Waals surface area contributed by atoms with E-state index in [0.717, 1.165) is 0 Å². The standard InChI is InChI=1S/C18H11ClO3/c1-10(20)15-16(11-6-8-12(19)9-7-11)18(22)14-5-3-2-4-13(14)17(15)21/h2-9H,1H3. The molecule has 108 valence electrons. The van der Waals surface area contributed by atoms with E-state index in [1.807, 2.05) is 0 Å². The van der Waals surface area contributed by atoms with Crippen LogP contribution in [0.4, 0.5) is 0 Å². The molecule has 0 aromatic heterocycles. The molecule has 0 saturated carbocycles. The third-order valence-corrected chi connectivity index (χ3v) is 3.86. The first-order valence-corrected chi connectivity index (χ1v) is 7.08. The monoisotopic (exact) mass is 310 g/mol. The molecule has 0 unspecified atom stereocenters. The molecule has 2 aromatic rings. The summed E-state index contributed by atoms with van der Waals surface area (Å²) in [6, 6.07) is 13.1. The number of rotatable bonds is 2. The molecule has 0 bridgehead atoms. The molecule has 4 heteroatoms. The zero-order valence-electron chi connectivity index (χ0n) is 11.7. The van der Waals surface area contributed by atoms with Crippen molar-refractivity contribution in [1.29, 1.82) is 0 Å². The van der Waals surface area contributed by atoms with Gasteiger partial charge in [-0.15, -0.1) is 0 Å². The average Bonchev–Trinajstić information content (AvgIpc) is 2.51. The number of carbonyl (C=O) groups excluding carboxylic acids is 3. The molecule has 1 aliphatic carbocycles. The van der Waals surface area contributed by atoms with Crippen LogP contribution >= 0.6 is 11.6 Å². The summed E-state index contributed by atoms with van der Waals surface area (Å²) in [5.41, 5.74) is 1.19. The van der Waals surface area contributed by atoms with Crippen molar-refractivity contribution < 1.29 is 14.4 Å². The van der Waals surface area contributed by atoms with E-state index in [-0.39, 0.29) is 22.5 Å². The average molecular weight is 311 g/mol. The molecule has 0 amide bonds. The lowest BCUT2D eigenvalue weighted by Gasteiger charge is -2.19. The topological polar surface area (TPSA) is 51.2 Å². The Labute approximate surface area is 132 Å².